The van der Waals surface area contributed by atoms with Crippen molar-refractivity contribution in [1.82, 2.24) is 25.3 Å². The Labute approximate surface area is 132 Å². The Kier molecular flexibility index (Phi) is 3.24. The van der Waals surface area contributed by atoms with E-state index in [2.05, 4.69) is 25.3 Å². The van der Waals surface area contributed by atoms with E-state index in [0.717, 1.165) is 10.9 Å². The number of pyridine rings is 1. The minimum absolute atomic E-state index is 0.0828. The van der Waals surface area contributed by atoms with Crippen LogP contribution >= 0.6 is 0 Å². The first kappa shape index (κ1) is 14.1. The van der Waals surface area contributed by atoms with Crippen LogP contribution in [0.1, 0.15) is 17.7 Å². The highest BCUT2D eigenvalue weighted by Gasteiger charge is 2.39. The average Bonchev–Trinajstić information content (AvgIpc) is 3.19. The van der Waals surface area contributed by atoms with Gasteiger partial charge in [0.1, 0.15) is 11.3 Å². The summed E-state index contributed by atoms with van der Waals surface area (Å²) in [7, 11) is 0. The van der Waals surface area contributed by atoms with E-state index in [0.29, 0.717) is 37.3 Å². The van der Waals surface area contributed by atoms with Crippen molar-refractivity contribution in [3.8, 4) is 0 Å². The quantitative estimate of drug-likeness (QED) is 0.663. The fraction of sp³-hybridized carbons (Fsp3) is 0.312. The van der Waals surface area contributed by atoms with Crippen LogP contribution in [-0.2, 0) is 12.1 Å². The fourth-order valence-corrected chi connectivity index (χ4v) is 3.19. The number of nitrogens with zero attached hydrogens (tertiary/aromatic N) is 3. The summed E-state index contributed by atoms with van der Waals surface area (Å²) < 4.78 is 0. The van der Waals surface area contributed by atoms with E-state index in [1.807, 2.05) is 30.3 Å². The fourth-order valence-electron chi connectivity index (χ4n) is 3.19. The van der Waals surface area contributed by atoms with Gasteiger partial charge in [-0.1, -0.05) is 18.2 Å². The van der Waals surface area contributed by atoms with Gasteiger partial charge >= 0.3 is 0 Å². The molecule has 0 radical (unpaired) electrons. The van der Waals surface area contributed by atoms with Crippen molar-refractivity contribution in [1.29, 1.82) is 0 Å². The maximum atomic E-state index is 12.2. The second kappa shape index (κ2) is 5.29. The van der Waals surface area contributed by atoms with Crippen LogP contribution in [0.3, 0.4) is 0 Å². The molecular weight excluding hydrogens is 294 g/mol. The summed E-state index contributed by atoms with van der Waals surface area (Å²) >= 11 is 0. The minimum atomic E-state index is -1.00. The lowest BCUT2D eigenvalue weighted by molar-refractivity contribution is 0.0408. The summed E-state index contributed by atoms with van der Waals surface area (Å²) in [6.07, 6.45) is 2.12. The van der Waals surface area contributed by atoms with Crippen LogP contribution < -0.4 is 5.56 Å². The zero-order valence-corrected chi connectivity index (χ0v) is 12.5. The molecule has 0 amide bonds. The zero-order valence-electron chi connectivity index (χ0n) is 12.5. The Hall–Kier alpha value is -2.51. The first-order chi connectivity index (χ1) is 11.1. The van der Waals surface area contributed by atoms with Crippen LogP contribution in [0, 0.1) is 0 Å². The van der Waals surface area contributed by atoms with E-state index in [-0.39, 0.29) is 5.56 Å². The summed E-state index contributed by atoms with van der Waals surface area (Å²) in [6.45, 7) is 1.64. The maximum absolute atomic E-state index is 12.2. The standard InChI is InChI=1S/C16H17N5O2/c22-15-12(7-11-3-1-2-4-13(11)18-15)9-21-6-5-16(23,10-21)14-8-17-20-19-14/h1-4,7-8,23H,5-6,9-10H2,(H,18,22)(H,17,19,20). The molecule has 1 saturated heterocycles. The molecule has 1 unspecified atom stereocenters. The van der Waals surface area contributed by atoms with Gasteiger partial charge < -0.3 is 10.1 Å². The molecule has 7 heteroatoms. The second-order valence-electron chi connectivity index (χ2n) is 6.06. The highest BCUT2D eigenvalue weighted by molar-refractivity contribution is 5.78. The molecule has 23 heavy (non-hydrogen) atoms. The molecule has 1 fully saturated rings. The third-order valence-electron chi connectivity index (χ3n) is 4.44. The highest BCUT2D eigenvalue weighted by Crippen LogP contribution is 2.30. The molecule has 3 heterocycles. The van der Waals surface area contributed by atoms with Gasteiger partial charge in [0.05, 0.1) is 6.20 Å². The Balaban J connectivity index is 1.57. The molecule has 0 spiro atoms. The van der Waals surface area contributed by atoms with Crippen LogP contribution in [0.5, 0.6) is 0 Å². The molecule has 118 valence electrons. The van der Waals surface area contributed by atoms with Crippen LogP contribution in [-0.4, -0.2) is 43.5 Å². The monoisotopic (exact) mass is 311 g/mol. The Bertz CT molecular complexity index is 889. The van der Waals surface area contributed by atoms with Gasteiger partial charge in [-0.25, -0.2) is 0 Å². The number of rotatable bonds is 3. The van der Waals surface area contributed by atoms with Crippen molar-refractivity contribution in [2.75, 3.05) is 13.1 Å². The van der Waals surface area contributed by atoms with Gasteiger partial charge in [-0.05, 0) is 23.9 Å². The van der Waals surface area contributed by atoms with Crippen molar-refractivity contribution in [3.05, 3.63) is 58.1 Å². The largest absolute Gasteiger partial charge is 0.382 e. The van der Waals surface area contributed by atoms with E-state index < -0.39 is 5.60 Å². The summed E-state index contributed by atoms with van der Waals surface area (Å²) in [5, 5.41) is 22.0. The lowest BCUT2D eigenvalue weighted by atomic mass is 10.00. The van der Waals surface area contributed by atoms with Gasteiger partial charge in [0.25, 0.3) is 5.56 Å². The first-order valence-corrected chi connectivity index (χ1v) is 7.56. The van der Waals surface area contributed by atoms with Gasteiger partial charge in [-0.15, -0.1) is 0 Å². The number of hydrogen-bond donors (Lipinski definition) is 3. The topological polar surface area (TPSA) is 97.9 Å². The molecule has 3 aromatic rings. The molecule has 0 aliphatic carbocycles. The molecule has 1 aliphatic rings. The molecule has 2 aromatic heterocycles. The van der Waals surface area contributed by atoms with Crippen LogP contribution in [0.2, 0.25) is 0 Å². The maximum Gasteiger partial charge on any atom is 0.252 e. The van der Waals surface area contributed by atoms with Crippen LogP contribution in [0.25, 0.3) is 10.9 Å². The molecule has 7 nitrogen and oxygen atoms in total. The lowest BCUT2D eigenvalue weighted by Crippen LogP contribution is -2.32. The summed E-state index contributed by atoms with van der Waals surface area (Å²) in [5.74, 6) is 0. The molecule has 3 N–H and O–H groups in total. The van der Waals surface area contributed by atoms with Crippen molar-refractivity contribution in [2.24, 2.45) is 0 Å². The van der Waals surface area contributed by atoms with E-state index in [1.54, 1.807) is 6.20 Å². The van der Waals surface area contributed by atoms with Gasteiger partial charge in [0.15, 0.2) is 0 Å². The number of likely N-dealkylation sites (tertiary alicyclic amines) is 1. The van der Waals surface area contributed by atoms with E-state index in [1.165, 1.54) is 0 Å². The number of aliphatic hydroxyl groups is 1. The first-order valence-electron chi connectivity index (χ1n) is 7.56. The van der Waals surface area contributed by atoms with Crippen molar-refractivity contribution in [3.63, 3.8) is 0 Å². The van der Waals surface area contributed by atoms with E-state index in [9.17, 15) is 9.90 Å². The summed E-state index contributed by atoms with van der Waals surface area (Å²) in [4.78, 5) is 17.2. The minimum Gasteiger partial charge on any atom is -0.382 e. The van der Waals surface area contributed by atoms with E-state index >= 15 is 0 Å². The number of aromatic nitrogens is 4. The number of para-hydroxylation sites is 1. The van der Waals surface area contributed by atoms with Crippen molar-refractivity contribution >= 4 is 10.9 Å². The molecule has 0 saturated carbocycles. The number of aromatic amines is 2. The molecule has 0 bridgehead atoms. The second-order valence-corrected chi connectivity index (χ2v) is 6.06. The van der Waals surface area contributed by atoms with Gasteiger partial charge in [0.2, 0.25) is 0 Å². The summed E-state index contributed by atoms with van der Waals surface area (Å²) in [6, 6.07) is 9.63. The van der Waals surface area contributed by atoms with Gasteiger partial charge in [-0.2, -0.15) is 15.4 Å². The number of β-amino-alcohol motifs (C(OH)–C–C–N with tert-alkyl or cyclic N) is 1. The summed E-state index contributed by atoms with van der Waals surface area (Å²) in [5.41, 5.74) is 0.999. The Morgan fingerprint density at radius 1 is 1.35 bits per heavy atom. The van der Waals surface area contributed by atoms with E-state index in [4.69, 9.17) is 0 Å². The predicted molar refractivity (Wildman–Crippen MR) is 84.7 cm³/mol. The van der Waals surface area contributed by atoms with Crippen LogP contribution in [0.4, 0.5) is 0 Å². The predicted octanol–water partition coefficient (Wildman–Crippen LogP) is 0.740. The van der Waals surface area contributed by atoms with Gasteiger partial charge in [-0.3, -0.25) is 9.69 Å². The van der Waals surface area contributed by atoms with Crippen molar-refractivity contribution in [2.45, 2.75) is 18.6 Å². The molecule has 1 aromatic carbocycles. The molecular formula is C16H17N5O2. The van der Waals surface area contributed by atoms with Crippen molar-refractivity contribution < 1.29 is 5.11 Å². The number of fused-ring (bicyclic) bond motifs is 1. The molecule has 1 aliphatic heterocycles. The number of H-pyrrole nitrogens is 2. The number of nitrogens with one attached hydrogen (secondary N) is 2. The Morgan fingerprint density at radius 3 is 3.04 bits per heavy atom. The zero-order chi connectivity index (χ0) is 15.9. The van der Waals surface area contributed by atoms with Gasteiger partial charge in [0, 0.05) is 30.7 Å². The molecule has 1 atom stereocenters. The number of hydrogen-bond acceptors (Lipinski definition) is 5. The SMILES string of the molecule is O=c1[nH]c2ccccc2cc1CN1CCC(O)(c2cn[nH]n2)C1. The number of benzene rings is 1. The smallest absolute Gasteiger partial charge is 0.252 e. The third kappa shape index (κ3) is 2.54. The molecule has 4 rings (SSSR count). The Morgan fingerprint density at radius 2 is 2.22 bits per heavy atom. The lowest BCUT2D eigenvalue weighted by Gasteiger charge is -2.20. The third-order valence-corrected chi connectivity index (χ3v) is 4.44. The normalized spacial score (nSPS) is 22.0. The highest BCUT2D eigenvalue weighted by atomic mass is 16.3. The average molecular weight is 311 g/mol. The van der Waals surface area contributed by atoms with Crippen LogP contribution in [0.15, 0.2) is 41.3 Å².